The molecule has 2 aromatic heterocycles. The van der Waals surface area contributed by atoms with Crippen molar-refractivity contribution < 1.29 is 0 Å². The number of hydrogen-bond donors (Lipinski definition) is 1. The van der Waals surface area contributed by atoms with Gasteiger partial charge in [0.15, 0.2) is 5.82 Å². The van der Waals surface area contributed by atoms with Gasteiger partial charge in [-0.05, 0) is 25.7 Å². The van der Waals surface area contributed by atoms with Gasteiger partial charge in [0.1, 0.15) is 6.33 Å². The number of hydrogen-bond acceptors (Lipinski definition) is 5. The summed E-state index contributed by atoms with van der Waals surface area (Å²) in [6.07, 6.45) is 10.6. The largest absolute Gasteiger partial charge is 0.349 e. The van der Waals surface area contributed by atoms with E-state index in [0.29, 0.717) is 6.04 Å². The first-order chi connectivity index (χ1) is 9.42. The first-order valence-corrected chi connectivity index (χ1v) is 7.06. The Balaban J connectivity index is 1.60. The molecule has 6 heteroatoms. The Kier molecular flexibility index (Phi) is 2.61. The second-order valence-electron chi connectivity index (χ2n) is 5.48. The lowest BCUT2D eigenvalue weighted by Crippen LogP contribution is -2.39. The van der Waals surface area contributed by atoms with Gasteiger partial charge in [-0.15, -0.1) is 10.2 Å². The van der Waals surface area contributed by atoms with E-state index in [9.17, 15) is 0 Å². The molecule has 0 spiro atoms. The SMILES string of the molecule is c1cn2cnnc2c(N2CCCC2CNC2CC2)n1. The van der Waals surface area contributed by atoms with Crippen LogP contribution in [0.5, 0.6) is 0 Å². The molecule has 0 aromatic carbocycles. The molecule has 1 aliphatic heterocycles. The average Bonchev–Trinajstić information content (AvgIpc) is 2.96. The van der Waals surface area contributed by atoms with Crippen LogP contribution in [0.1, 0.15) is 25.7 Å². The van der Waals surface area contributed by atoms with E-state index in [0.717, 1.165) is 30.6 Å². The van der Waals surface area contributed by atoms with E-state index in [2.05, 4.69) is 25.4 Å². The maximum atomic E-state index is 4.53. The van der Waals surface area contributed by atoms with Crippen molar-refractivity contribution in [3.63, 3.8) is 0 Å². The van der Waals surface area contributed by atoms with Gasteiger partial charge in [0.05, 0.1) is 0 Å². The lowest BCUT2D eigenvalue weighted by atomic mass is 10.2. The standard InChI is InChI=1S/C13H18N6/c1-2-11(8-15-10-3-4-10)19(6-1)12-13-17-16-9-18(13)7-5-14-12/h5,7,9-11,15H,1-4,6,8H2. The van der Waals surface area contributed by atoms with E-state index in [1.165, 1.54) is 25.7 Å². The normalized spacial score (nSPS) is 23.4. The molecule has 1 unspecified atom stereocenters. The summed E-state index contributed by atoms with van der Waals surface area (Å²) in [4.78, 5) is 6.92. The minimum absolute atomic E-state index is 0.538. The van der Waals surface area contributed by atoms with Gasteiger partial charge in [0, 0.05) is 37.6 Å². The molecule has 2 fully saturated rings. The molecule has 0 radical (unpaired) electrons. The maximum Gasteiger partial charge on any atom is 0.203 e. The number of nitrogens with zero attached hydrogens (tertiary/aromatic N) is 5. The number of aromatic nitrogens is 4. The second kappa shape index (κ2) is 4.45. The molecule has 1 saturated heterocycles. The van der Waals surface area contributed by atoms with Crippen molar-refractivity contribution in [2.24, 2.45) is 0 Å². The smallest absolute Gasteiger partial charge is 0.203 e. The average molecular weight is 258 g/mol. The number of nitrogens with one attached hydrogen (secondary N) is 1. The Hall–Kier alpha value is -1.69. The van der Waals surface area contributed by atoms with Crippen LogP contribution in [0, 0.1) is 0 Å². The summed E-state index contributed by atoms with van der Waals surface area (Å²) >= 11 is 0. The summed E-state index contributed by atoms with van der Waals surface area (Å²) in [6, 6.07) is 1.30. The molecule has 3 heterocycles. The summed E-state index contributed by atoms with van der Waals surface area (Å²) in [5.74, 6) is 0.972. The molecule has 0 bridgehead atoms. The molecular formula is C13H18N6. The van der Waals surface area contributed by atoms with Crippen molar-refractivity contribution in [3.8, 4) is 0 Å². The molecule has 1 N–H and O–H groups in total. The van der Waals surface area contributed by atoms with Crippen molar-refractivity contribution >= 4 is 11.5 Å². The van der Waals surface area contributed by atoms with Crippen molar-refractivity contribution in [2.75, 3.05) is 18.0 Å². The summed E-state index contributed by atoms with van der Waals surface area (Å²) in [6.45, 7) is 2.12. The van der Waals surface area contributed by atoms with Crippen LogP contribution >= 0.6 is 0 Å². The molecule has 19 heavy (non-hydrogen) atoms. The Bertz CT molecular complexity index is 575. The van der Waals surface area contributed by atoms with Crippen molar-refractivity contribution in [3.05, 3.63) is 18.7 Å². The lowest BCUT2D eigenvalue weighted by molar-refractivity contribution is 0.569. The fourth-order valence-electron chi connectivity index (χ4n) is 2.86. The Labute approximate surface area is 111 Å². The first-order valence-electron chi connectivity index (χ1n) is 7.06. The van der Waals surface area contributed by atoms with Crippen LogP contribution in [0.15, 0.2) is 18.7 Å². The fraction of sp³-hybridized carbons (Fsp3) is 0.615. The van der Waals surface area contributed by atoms with E-state index in [4.69, 9.17) is 0 Å². The molecule has 1 atom stereocenters. The molecule has 1 aliphatic carbocycles. The molecule has 0 amide bonds. The molecule has 6 nitrogen and oxygen atoms in total. The Morgan fingerprint density at radius 3 is 3.16 bits per heavy atom. The van der Waals surface area contributed by atoms with Crippen molar-refractivity contribution in [1.29, 1.82) is 0 Å². The zero-order valence-corrected chi connectivity index (χ0v) is 10.9. The van der Waals surface area contributed by atoms with E-state index >= 15 is 0 Å². The van der Waals surface area contributed by atoms with Gasteiger partial charge in [-0.3, -0.25) is 4.40 Å². The van der Waals surface area contributed by atoms with Crippen molar-refractivity contribution in [1.82, 2.24) is 24.9 Å². The monoisotopic (exact) mass is 258 g/mol. The van der Waals surface area contributed by atoms with Gasteiger partial charge < -0.3 is 10.2 Å². The highest BCUT2D eigenvalue weighted by Gasteiger charge is 2.29. The molecule has 2 aliphatic rings. The van der Waals surface area contributed by atoms with Crippen LogP contribution in [0.2, 0.25) is 0 Å². The number of fused-ring (bicyclic) bond motifs is 1. The Morgan fingerprint density at radius 1 is 1.32 bits per heavy atom. The van der Waals surface area contributed by atoms with Gasteiger partial charge in [0.2, 0.25) is 5.65 Å². The zero-order valence-electron chi connectivity index (χ0n) is 10.9. The predicted molar refractivity (Wildman–Crippen MR) is 72.2 cm³/mol. The minimum atomic E-state index is 0.538. The highest BCUT2D eigenvalue weighted by molar-refractivity contribution is 5.64. The third kappa shape index (κ3) is 2.06. The van der Waals surface area contributed by atoms with E-state index in [1.54, 1.807) is 6.33 Å². The maximum absolute atomic E-state index is 4.53. The topological polar surface area (TPSA) is 58.4 Å². The highest BCUT2D eigenvalue weighted by atomic mass is 15.3. The predicted octanol–water partition coefficient (Wildman–Crippen LogP) is 0.845. The fourth-order valence-corrected chi connectivity index (χ4v) is 2.86. The van der Waals surface area contributed by atoms with Gasteiger partial charge in [-0.25, -0.2) is 4.98 Å². The van der Waals surface area contributed by atoms with Crippen LogP contribution in [-0.4, -0.2) is 44.8 Å². The van der Waals surface area contributed by atoms with Crippen molar-refractivity contribution in [2.45, 2.75) is 37.8 Å². The molecule has 1 saturated carbocycles. The van der Waals surface area contributed by atoms with Crippen LogP contribution in [0.4, 0.5) is 5.82 Å². The van der Waals surface area contributed by atoms with Crippen LogP contribution < -0.4 is 10.2 Å². The molecule has 4 rings (SSSR count). The van der Waals surface area contributed by atoms with E-state index < -0.39 is 0 Å². The van der Waals surface area contributed by atoms with Gasteiger partial charge in [-0.2, -0.15) is 0 Å². The van der Waals surface area contributed by atoms with Crippen LogP contribution in [0.25, 0.3) is 5.65 Å². The second-order valence-corrected chi connectivity index (χ2v) is 5.48. The third-order valence-corrected chi connectivity index (χ3v) is 4.07. The van der Waals surface area contributed by atoms with Crippen LogP contribution in [-0.2, 0) is 0 Å². The van der Waals surface area contributed by atoms with E-state index in [1.807, 2.05) is 16.8 Å². The molecular weight excluding hydrogens is 240 g/mol. The minimum Gasteiger partial charge on any atom is -0.349 e. The first kappa shape index (κ1) is 11.2. The summed E-state index contributed by atoms with van der Waals surface area (Å²) in [5.41, 5.74) is 0.862. The number of anilines is 1. The van der Waals surface area contributed by atoms with Crippen LogP contribution in [0.3, 0.4) is 0 Å². The molecule has 2 aromatic rings. The lowest BCUT2D eigenvalue weighted by Gasteiger charge is -2.26. The van der Waals surface area contributed by atoms with Gasteiger partial charge in [-0.1, -0.05) is 0 Å². The summed E-state index contributed by atoms with van der Waals surface area (Å²) in [5, 5.41) is 11.8. The summed E-state index contributed by atoms with van der Waals surface area (Å²) < 4.78 is 1.94. The van der Waals surface area contributed by atoms with E-state index in [-0.39, 0.29) is 0 Å². The van der Waals surface area contributed by atoms with Gasteiger partial charge >= 0.3 is 0 Å². The summed E-state index contributed by atoms with van der Waals surface area (Å²) in [7, 11) is 0. The quantitative estimate of drug-likeness (QED) is 0.881. The van der Waals surface area contributed by atoms with Gasteiger partial charge in [0.25, 0.3) is 0 Å². The number of rotatable bonds is 4. The Morgan fingerprint density at radius 2 is 2.26 bits per heavy atom. The molecule has 100 valence electrons. The zero-order chi connectivity index (χ0) is 12.7. The highest BCUT2D eigenvalue weighted by Crippen LogP contribution is 2.27. The third-order valence-electron chi connectivity index (χ3n) is 4.07.